The summed E-state index contributed by atoms with van der Waals surface area (Å²) in [5.74, 6) is 0.329. The average molecular weight is 401 g/mol. The Labute approximate surface area is 168 Å². The van der Waals surface area contributed by atoms with Gasteiger partial charge >= 0.3 is 12.0 Å². The van der Waals surface area contributed by atoms with Crippen LogP contribution < -0.4 is 25.4 Å². The molecule has 0 atom stereocenters. The summed E-state index contributed by atoms with van der Waals surface area (Å²) in [5, 5.41) is 7.84. The molecule has 0 aliphatic carbocycles. The Morgan fingerprint density at radius 3 is 2.24 bits per heavy atom. The molecule has 0 fully saturated rings. The molecule has 2 rings (SSSR count). The van der Waals surface area contributed by atoms with Gasteiger partial charge in [-0.3, -0.25) is 9.59 Å². The summed E-state index contributed by atoms with van der Waals surface area (Å²) in [6, 6.07) is 11.1. The van der Waals surface area contributed by atoms with Crippen molar-refractivity contribution in [2.45, 2.75) is 6.54 Å². The number of methoxy groups -OCH3 is 3. The Hall–Kier alpha value is -3.75. The molecule has 0 saturated carbocycles. The van der Waals surface area contributed by atoms with Gasteiger partial charge in [0.25, 0.3) is 5.91 Å². The lowest BCUT2D eigenvalue weighted by atomic mass is 10.2. The lowest BCUT2D eigenvalue weighted by Crippen LogP contribution is -2.30. The topological polar surface area (TPSA) is 115 Å². The molecule has 0 radical (unpaired) electrons. The van der Waals surface area contributed by atoms with Crippen molar-refractivity contribution in [2.24, 2.45) is 0 Å². The lowest BCUT2D eigenvalue weighted by Gasteiger charge is -2.12. The van der Waals surface area contributed by atoms with E-state index in [0.29, 0.717) is 22.7 Å². The van der Waals surface area contributed by atoms with Crippen LogP contribution in [-0.4, -0.2) is 45.8 Å². The summed E-state index contributed by atoms with van der Waals surface area (Å²) in [6.07, 6.45) is 0. The molecule has 154 valence electrons. The monoisotopic (exact) mass is 401 g/mol. The van der Waals surface area contributed by atoms with Crippen molar-refractivity contribution in [2.75, 3.05) is 33.2 Å². The van der Waals surface area contributed by atoms with Crippen molar-refractivity contribution in [3.05, 3.63) is 53.6 Å². The van der Waals surface area contributed by atoms with E-state index < -0.39 is 17.9 Å². The minimum absolute atomic E-state index is 0.217. The largest absolute Gasteiger partial charge is 0.497 e. The zero-order chi connectivity index (χ0) is 21.2. The van der Waals surface area contributed by atoms with Gasteiger partial charge in [0.2, 0.25) is 0 Å². The van der Waals surface area contributed by atoms with E-state index >= 15 is 0 Å². The van der Waals surface area contributed by atoms with Crippen LogP contribution in [0, 0.1) is 0 Å². The minimum Gasteiger partial charge on any atom is -0.497 e. The summed E-state index contributed by atoms with van der Waals surface area (Å²) in [4.78, 5) is 35.1. The Morgan fingerprint density at radius 1 is 0.897 bits per heavy atom. The molecule has 0 saturated heterocycles. The average Bonchev–Trinajstić information content (AvgIpc) is 2.75. The van der Waals surface area contributed by atoms with Crippen molar-refractivity contribution in [3.63, 3.8) is 0 Å². The van der Waals surface area contributed by atoms with Crippen molar-refractivity contribution in [1.29, 1.82) is 0 Å². The number of rotatable bonds is 8. The molecule has 2 aromatic rings. The highest BCUT2D eigenvalue weighted by Crippen LogP contribution is 2.23. The van der Waals surface area contributed by atoms with Crippen LogP contribution in [0.25, 0.3) is 0 Å². The first-order valence-electron chi connectivity index (χ1n) is 8.67. The Kier molecular flexibility index (Phi) is 7.84. The van der Waals surface area contributed by atoms with E-state index in [1.807, 2.05) is 0 Å². The number of amides is 3. The van der Waals surface area contributed by atoms with Crippen LogP contribution in [0.3, 0.4) is 0 Å². The summed E-state index contributed by atoms with van der Waals surface area (Å²) < 4.78 is 14.9. The van der Waals surface area contributed by atoms with Crippen LogP contribution in [0.5, 0.6) is 11.5 Å². The molecule has 9 heteroatoms. The highest BCUT2D eigenvalue weighted by Gasteiger charge is 2.10. The Balaban J connectivity index is 1.89. The second kappa shape index (κ2) is 10.5. The molecule has 0 aliphatic rings. The molecule has 3 amide bonds. The number of urea groups is 1. The number of ether oxygens (including phenoxy) is 3. The van der Waals surface area contributed by atoms with E-state index in [1.165, 1.54) is 19.2 Å². The van der Waals surface area contributed by atoms with Gasteiger partial charge in [-0.05, 0) is 42.5 Å². The van der Waals surface area contributed by atoms with E-state index in [4.69, 9.17) is 9.47 Å². The molecule has 2 aromatic carbocycles. The molecule has 3 N–H and O–H groups in total. The molecular formula is C20H23N3O6. The molecule has 0 aromatic heterocycles. The third-order valence-corrected chi connectivity index (χ3v) is 3.95. The van der Waals surface area contributed by atoms with Crippen LogP contribution in [0.1, 0.15) is 15.9 Å². The van der Waals surface area contributed by atoms with Gasteiger partial charge in [0.05, 0.1) is 21.3 Å². The quantitative estimate of drug-likeness (QED) is 0.582. The number of carbonyl (C=O) groups excluding carboxylic acids is 3. The fraction of sp³-hybridized carbons (Fsp3) is 0.250. The fourth-order valence-corrected chi connectivity index (χ4v) is 2.40. The molecule has 0 heterocycles. The van der Waals surface area contributed by atoms with Crippen molar-refractivity contribution < 1.29 is 28.6 Å². The number of esters is 1. The predicted octanol–water partition coefficient (Wildman–Crippen LogP) is 1.93. The number of anilines is 1. The molecule has 0 unspecified atom stereocenters. The van der Waals surface area contributed by atoms with Crippen LogP contribution >= 0.6 is 0 Å². The smallest absolute Gasteiger partial charge is 0.325 e. The molecule has 0 bridgehead atoms. The van der Waals surface area contributed by atoms with E-state index in [0.717, 1.165) is 5.56 Å². The van der Waals surface area contributed by atoms with Gasteiger partial charge in [-0.25, -0.2) is 4.79 Å². The highest BCUT2D eigenvalue weighted by atomic mass is 16.5. The third kappa shape index (κ3) is 6.42. The summed E-state index contributed by atoms with van der Waals surface area (Å²) in [6.45, 7) is 0.0195. The summed E-state index contributed by atoms with van der Waals surface area (Å²) in [5.41, 5.74) is 1.62. The van der Waals surface area contributed by atoms with Gasteiger partial charge in [0, 0.05) is 23.4 Å². The zero-order valence-electron chi connectivity index (χ0n) is 16.4. The molecule has 9 nitrogen and oxygen atoms in total. The predicted molar refractivity (Wildman–Crippen MR) is 106 cm³/mol. The van der Waals surface area contributed by atoms with Crippen molar-refractivity contribution in [1.82, 2.24) is 10.6 Å². The van der Waals surface area contributed by atoms with Crippen LogP contribution in [0.2, 0.25) is 0 Å². The third-order valence-electron chi connectivity index (χ3n) is 3.95. The van der Waals surface area contributed by atoms with Gasteiger partial charge in [-0.15, -0.1) is 0 Å². The normalized spacial score (nSPS) is 9.90. The van der Waals surface area contributed by atoms with Crippen LogP contribution in [0.15, 0.2) is 42.5 Å². The first-order valence-corrected chi connectivity index (χ1v) is 8.67. The Morgan fingerprint density at radius 2 is 1.62 bits per heavy atom. The minimum atomic E-state index is -0.541. The number of hydrogen-bond acceptors (Lipinski definition) is 6. The van der Waals surface area contributed by atoms with Gasteiger partial charge in [-0.2, -0.15) is 0 Å². The first-order chi connectivity index (χ1) is 14.0. The maximum atomic E-state index is 12.1. The maximum absolute atomic E-state index is 12.1. The van der Waals surface area contributed by atoms with Gasteiger partial charge in [-0.1, -0.05) is 0 Å². The number of carbonyl (C=O) groups is 3. The Bertz CT molecular complexity index is 867. The molecule has 29 heavy (non-hydrogen) atoms. The summed E-state index contributed by atoms with van der Waals surface area (Å²) >= 11 is 0. The lowest BCUT2D eigenvalue weighted by molar-refractivity contribution is -0.139. The second-order valence-electron chi connectivity index (χ2n) is 5.82. The van der Waals surface area contributed by atoms with Gasteiger partial charge < -0.3 is 30.2 Å². The zero-order valence-corrected chi connectivity index (χ0v) is 16.4. The van der Waals surface area contributed by atoms with Gasteiger partial charge in [0.1, 0.15) is 18.0 Å². The van der Waals surface area contributed by atoms with Crippen LogP contribution in [-0.2, 0) is 16.1 Å². The van der Waals surface area contributed by atoms with Crippen LogP contribution in [0.4, 0.5) is 10.5 Å². The number of nitrogens with one attached hydrogen (secondary N) is 3. The fourth-order valence-electron chi connectivity index (χ4n) is 2.40. The molecular weight excluding hydrogens is 378 g/mol. The van der Waals surface area contributed by atoms with Gasteiger partial charge in [0.15, 0.2) is 0 Å². The second-order valence-corrected chi connectivity index (χ2v) is 5.82. The maximum Gasteiger partial charge on any atom is 0.325 e. The number of benzene rings is 2. The van der Waals surface area contributed by atoms with E-state index in [2.05, 4.69) is 20.7 Å². The SMILES string of the molecule is COC(=O)CNC(=O)c1ccc(NC(=O)NCc2cc(OC)ccc2OC)cc1. The van der Waals surface area contributed by atoms with Crippen molar-refractivity contribution >= 4 is 23.6 Å². The standard InChI is InChI=1S/C20H23N3O6/c1-27-16-8-9-17(28-2)14(10-16)11-22-20(26)23-15-6-4-13(5-7-15)19(25)21-12-18(24)29-3/h4-10H,11-12H2,1-3H3,(H,21,25)(H2,22,23,26). The number of hydrogen-bond donors (Lipinski definition) is 3. The highest BCUT2D eigenvalue weighted by molar-refractivity contribution is 5.97. The van der Waals surface area contributed by atoms with Crippen molar-refractivity contribution in [3.8, 4) is 11.5 Å². The van der Waals surface area contributed by atoms with E-state index in [1.54, 1.807) is 44.6 Å². The van der Waals surface area contributed by atoms with E-state index in [-0.39, 0.29) is 13.1 Å². The molecule has 0 aliphatic heterocycles. The first kappa shape index (κ1) is 21.5. The summed E-state index contributed by atoms with van der Waals surface area (Å²) in [7, 11) is 4.35. The molecule has 0 spiro atoms. The van der Waals surface area contributed by atoms with E-state index in [9.17, 15) is 14.4 Å².